The smallest absolute Gasteiger partial charge is 0.270 e. The van der Waals surface area contributed by atoms with Crippen LogP contribution in [0.2, 0.25) is 0 Å². The van der Waals surface area contributed by atoms with E-state index in [1.54, 1.807) is 26.8 Å². The van der Waals surface area contributed by atoms with Crippen LogP contribution in [0.3, 0.4) is 0 Å². The maximum absolute atomic E-state index is 12.5. The molecule has 110 valence electrons. The minimum atomic E-state index is -0.216. The van der Waals surface area contributed by atoms with Crippen molar-refractivity contribution in [2.75, 3.05) is 0 Å². The summed E-state index contributed by atoms with van der Waals surface area (Å²) in [6.07, 6.45) is 3.50. The van der Waals surface area contributed by atoms with Gasteiger partial charge in [0.15, 0.2) is 0 Å². The van der Waals surface area contributed by atoms with Crippen LogP contribution < -0.4 is 5.32 Å². The van der Waals surface area contributed by atoms with E-state index in [4.69, 9.17) is 0 Å². The minimum absolute atomic E-state index is 0.189. The van der Waals surface area contributed by atoms with E-state index in [9.17, 15) is 4.79 Å². The second-order valence-corrected chi connectivity index (χ2v) is 5.72. The van der Waals surface area contributed by atoms with E-state index >= 15 is 0 Å². The van der Waals surface area contributed by atoms with Gasteiger partial charge in [0.05, 0.1) is 29.6 Å². The zero-order chi connectivity index (χ0) is 15.1. The third-order valence-corrected chi connectivity index (χ3v) is 4.14. The van der Waals surface area contributed by atoms with Gasteiger partial charge in [-0.2, -0.15) is 10.2 Å². The summed E-state index contributed by atoms with van der Waals surface area (Å²) in [7, 11) is 0. The predicted octanol–water partition coefficient (Wildman–Crippen LogP) is 1.93. The van der Waals surface area contributed by atoms with E-state index in [0.717, 1.165) is 16.2 Å². The number of carbonyl (C=O) groups excluding carboxylic acids is 1. The lowest BCUT2D eigenvalue weighted by Gasteiger charge is -2.12. The SMILES string of the molecule is CC(NC(=O)c1cccc2ccnn12)c1cn2ncsc2n1. The van der Waals surface area contributed by atoms with Gasteiger partial charge in [0.2, 0.25) is 4.96 Å². The van der Waals surface area contributed by atoms with Gasteiger partial charge in [-0.15, -0.1) is 0 Å². The van der Waals surface area contributed by atoms with Gasteiger partial charge >= 0.3 is 0 Å². The molecule has 0 saturated carbocycles. The molecule has 4 aromatic rings. The highest BCUT2D eigenvalue weighted by atomic mass is 32.1. The molecule has 0 bridgehead atoms. The van der Waals surface area contributed by atoms with E-state index in [-0.39, 0.29) is 11.9 Å². The fourth-order valence-corrected chi connectivity index (χ4v) is 2.94. The second-order valence-electron chi connectivity index (χ2n) is 4.91. The number of imidazole rings is 1. The van der Waals surface area contributed by atoms with Crippen LogP contribution >= 0.6 is 11.3 Å². The first-order valence-corrected chi connectivity index (χ1v) is 7.63. The van der Waals surface area contributed by atoms with E-state index in [0.29, 0.717) is 5.69 Å². The molecule has 0 aliphatic carbocycles. The average Bonchev–Trinajstić information content (AvgIpc) is 3.21. The van der Waals surface area contributed by atoms with Crippen molar-refractivity contribution in [3.05, 3.63) is 53.6 Å². The van der Waals surface area contributed by atoms with Crippen molar-refractivity contribution in [3.8, 4) is 0 Å². The molecule has 1 unspecified atom stereocenters. The van der Waals surface area contributed by atoms with Gasteiger partial charge in [-0.3, -0.25) is 4.79 Å². The van der Waals surface area contributed by atoms with Crippen LogP contribution in [0.5, 0.6) is 0 Å². The van der Waals surface area contributed by atoms with E-state index in [2.05, 4.69) is 20.5 Å². The summed E-state index contributed by atoms with van der Waals surface area (Å²) in [5.41, 5.74) is 3.88. The quantitative estimate of drug-likeness (QED) is 0.627. The third kappa shape index (κ3) is 2.04. The largest absolute Gasteiger partial charge is 0.343 e. The summed E-state index contributed by atoms with van der Waals surface area (Å²) in [5, 5.41) is 11.3. The Morgan fingerprint density at radius 2 is 2.23 bits per heavy atom. The number of nitrogens with one attached hydrogen (secondary N) is 1. The Balaban J connectivity index is 1.61. The normalized spacial score (nSPS) is 12.8. The Kier molecular flexibility index (Phi) is 2.90. The molecule has 0 spiro atoms. The average molecular weight is 312 g/mol. The van der Waals surface area contributed by atoms with Crippen molar-refractivity contribution in [2.45, 2.75) is 13.0 Å². The molecule has 4 rings (SSSR count). The van der Waals surface area contributed by atoms with Crippen molar-refractivity contribution >= 4 is 27.7 Å². The van der Waals surface area contributed by atoms with Crippen LogP contribution in [0.15, 0.2) is 42.2 Å². The Morgan fingerprint density at radius 3 is 3.09 bits per heavy atom. The summed E-state index contributed by atoms with van der Waals surface area (Å²) in [6, 6.07) is 7.13. The Hall–Kier alpha value is -2.74. The summed E-state index contributed by atoms with van der Waals surface area (Å²) in [6.45, 7) is 1.90. The first-order chi connectivity index (χ1) is 10.7. The van der Waals surface area contributed by atoms with Gasteiger partial charge in [0.25, 0.3) is 5.91 Å². The fraction of sp³-hybridized carbons (Fsp3) is 0.143. The molecular weight excluding hydrogens is 300 g/mol. The zero-order valence-corrected chi connectivity index (χ0v) is 12.5. The number of carbonyl (C=O) groups is 1. The monoisotopic (exact) mass is 312 g/mol. The van der Waals surface area contributed by atoms with Crippen molar-refractivity contribution < 1.29 is 4.79 Å². The van der Waals surface area contributed by atoms with Gasteiger partial charge in [0, 0.05) is 0 Å². The van der Waals surface area contributed by atoms with Gasteiger partial charge in [-0.1, -0.05) is 17.4 Å². The highest BCUT2D eigenvalue weighted by Crippen LogP contribution is 2.16. The van der Waals surface area contributed by atoms with Crippen molar-refractivity contribution in [1.29, 1.82) is 0 Å². The Morgan fingerprint density at radius 1 is 1.32 bits per heavy atom. The van der Waals surface area contributed by atoms with Crippen LogP contribution in [0.4, 0.5) is 0 Å². The molecule has 0 aromatic carbocycles. The van der Waals surface area contributed by atoms with Gasteiger partial charge in [-0.25, -0.2) is 14.0 Å². The molecule has 1 N–H and O–H groups in total. The van der Waals surface area contributed by atoms with Crippen LogP contribution in [0.25, 0.3) is 10.5 Å². The van der Waals surface area contributed by atoms with Gasteiger partial charge in [-0.05, 0) is 25.1 Å². The molecule has 0 radical (unpaired) electrons. The van der Waals surface area contributed by atoms with Gasteiger partial charge in [0.1, 0.15) is 11.2 Å². The molecule has 7 nitrogen and oxygen atoms in total. The van der Waals surface area contributed by atoms with Gasteiger partial charge < -0.3 is 5.32 Å². The molecule has 4 aromatic heterocycles. The summed E-state index contributed by atoms with van der Waals surface area (Å²) in [4.78, 5) is 17.7. The van der Waals surface area contributed by atoms with Crippen molar-refractivity contribution in [2.24, 2.45) is 0 Å². The Bertz CT molecular complexity index is 939. The van der Waals surface area contributed by atoms with E-state index < -0.39 is 0 Å². The first-order valence-electron chi connectivity index (χ1n) is 6.75. The zero-order valence-electron chi connectivity index (χ0n) is 11.7. The lowest BCUT2D eigenvalue weighted by Crippen LogP contribution is -2.28. The van der Waals surface area contributed by atoms with Crippen molar-refractivity contribution in [1.82, 2.24) is 29.5 Å². The van der Waals surface area contributed by atoms with Crippen molar-refractivity contribution in [3.63, 3.8) is 0 Å². The first kappa shape index (κ1) is 13.0. The molecule has 0 fully saturated rings. The standard InChI is InChI=1S/C14H12N6OS/c1-9(11-7-19-14(18-11)22-8-16-19)17-13(21)12-4-2-3-10-5-6-15-20(10)12/h2-9H,1H3,(H,17,21). The topological polar surface area (TPSA) is 76.6 Å². The lowest BCUT2D eigenvalue weighted by atomic mass is 10.2. The molecule has 8 heteroatoms. The summed E-state index contributed by atoms with van der Waals surface area (Å²) in [5.74, 6) is -0.189. The fourth-order valence-electron chi connectivity index (χ4n) is 2.33. The molecule has 1 amide bonds. The Labute approximate surface area is 129 Å². The molecule has 22 heavy (non-hydrogen) atoms. The highest BCUT2D eigenvalue weighted by molar-refractivity contribution is 7.14. The molecule has 4 heterocycles. The van der Waals surface area contributed by atoms with Crippen LogP contribution in [0.1, 0.15) is 29.1 Å². The van der Waals surface area contributed by atoms with E-state index in [1.165, 1.54) is 11.3 Å². The third-order valence-electron chi connectivity index (χ3n) is 3.45. The molecule has 0 aliphatic rings. The summed E-state index contributed by atoms with van der Waals surface area (Å²) >= 11 is 1.46. The van der Waals surface area contributed by atoms with Crippen LogP contribution in [0, 0.1) is 0 Å². The lowest BCUT2D eigenvalue weighted by molar-refractivity contribution is 0.0931. The predicted molar refractivity (Wildman–Crippen MR) is 81.9 cm³/mol. The number of pyridine rings is 1. The number of hydrogen-bond acceptors (Lipinski definition) is 5. The highest BCUT2D eigenvalue weighted by Gasteiger charge is 2.17. The maximum Gasteiger partial charge on any atom is 0.270 e. The number of nitrogens with zero attached hydrogens (tertiary/aromatic N) is 5. The number of rotatable bonds is 3. The number of amides is 1. The molecular formula is C14H12N6OS. The van der Waals surface area contributed by atoms with E-state index in [1.807, 2.05) is 31.3 Å². The number of aromatic nitrogens is 5. The molecule has 1 atom stereocenters. The maximum atomic E-state index is 12.5. The number of fused-ring (bicyclic) bond motifs is 2. The summed E-state index contributed by atoms with van der Waals surface area (Å²) < 4.78 is 3.33. The molecule has 0 saturated heterocycles. The minimum Gasteiger partial charge on any atom is -0.343 e. The van der Waals surface area contributed by atoms with Crippen LogP contribution in [-0.2, 0) is 0 Å². The molecule has 0 aliphatic heterocycles. The van der Waals surface area contributed by atoms with Crippen LogP contribution in [-0.4, -0.2) is 30.1 Å². The second kappa shape index (κ2) is 4.92. The number of hydrogen-bond donors (Lipinski definition) is 1.